The van der Waals surface area contributed by atoms with E-state index in [1.54, 1.807) is 12.1 Å². The van der Waals surface area contributed by atoms with E-state index in [-0.39, 0.29) is 11.9 Å². The van der Waals surface area contributed by atoms with Crippen molar-refractivity contribution in [2.75, 3.05) is 0 Å². The predicted octanol–water partition coefficient (Wildman–Crippen LogP) is 2.92. The summed E-state index contributed by atoms with van der Waals surface area (Å²) >= 11 is 0. The third-order valence-electron chi connectivity index (χ3n) is 3.50. The fraction of sp³-hybridized carbons (Fsp3) is 0.571. The van der Waals surface area contributed by atoms with E-state index in [0.717, 1.165) is 36.8 Å². The highest BCUT2D eigenvalue weighted by molar-refractivity contribution is 5.25. The molecule has 1 aliphatic rings. The molecule has 0 spiro atoms. The van der Waals surface area contributed by atoms with Crippen LogP contribution in [-0.4, -0.2) is 12.1 Å². The summed E-state index contributed by atoms with van der Waals surface area (Å²) in [6, 6.07) is 5.18. The SMILES string of the molecule is Cc1ccc(F)cc1COC1CCC(N)CC1. The molecule has 0 heterocycles. The molecule has 2 N–H and O–H groups in total. The Balaban J connectivity index is 1.87. The molecule has 1 aromatic carbocycles. The van der Waals surface area contributed by atoms with Crippen LogP contribution in [0, 0.1) is 12.7 Å². The average Bonchev–Trinajstić information content (AvgIpc) is 2.32. The normalized spacial score (nSPS) is 24.9. The highest BCUT2D eigenvalue weighted by atomic mass is 19.1. The lowest BCUT2D eigenvalue weighted by Crippen LogP contribution is -2.30. The lowest BCUT2D eigenvalue weighted by Gasteiger charge is -2.26. The second-order valence-corrected chi connectivity index (χ2v) is 4.92. The lowest BCUT2D eigenvalue weighted by atomic mass is 9.94. The Kier molecular flexibility index (Phi) is 4.13. The van der Waals surface area contributed by atoms with Crippen LogP contribution in [0.5, 0.6) is 0 Å². The van der Waals surface area contributed by atoms with Gasteiger partial charge in [0.05, 0.1) is 12.7 Å². The van der Waals surface area contributed by atoms with Gasteiger partial charge in [0.15, 0.2) is 0 Å². The number of hydrogen-bond acceptors (Lipinski definition) is 2. The van der Waals surface area contributed by atoms with Gasteiger partial charge in [0, 0.05) is 6.04 Å². The standard InChI is InChI=1S/C14H20FNO/c1-10-2-3-12(15)8-11(10)9-17-14-6-4-13(16)5-7-14/h2-3,8,13-14H,4-7,9,16H2,1H3. The summed E-state index contributed by atoms with van der Waals surface area (Å²) in [5.74, 6) is -0.195. The van der Waals surface area contributed by atoms with Crippen LogP contribution in [-0.2, 0) is 11.3 Å². The maximum absolute atomic E-state index is 13.1. The molecule has 0 aromatic heterocycles. The number of benzene rings is 1. The van der Waals surface area contributed by atoms with E-state index in [4.69, 9.17) is 10.5 Å². The fourth-order valence-electron chi connectivity index (χ4n) is 2.26. The molecule has 0 saturated heterocycles. The molecule has 3 heteroatoms. The Morgan fingerprint density at radius 3 is 2.71 bits per heavy atom. The Morgan fingerprint density at radius 2 is 2.00 bits per heavy atom. The van der Waals surface area contributed by atoms with Crippen molar-refractivity contribution in [3.05, 3.63) is 35.1 Å². The minimum absolute atomic E-state index is 0.195. The lowest BCUT2D eigenvalue weighted by molar-refractivity contribution is 0.0135. The predicted molar refractivity (Wildman–Crippen MR) is 66.2 cm³/mol. The molecule has 2 nitrogen and oxygen atoms in total. The van der Waals surface area contributed by atoms with Crippen molar-refractivity contribution in [1.82, 2.24) is 0 Å². The van der Waals surface area contributed by atoms with Crippen LogP contribution in [0.2, 0.25) is 0 Å². The van der Waals surface area contributed by atoms with Crippen molar-refractivity contribution in [2.45, 2.75) is 51.4 Å². The quantitative estimate of drug-likeness (QED) is 0.877. The summed E-state index contributed by atoms with van der Waals surface area (Å²) in [7, 11) is 0. The van der Waals surface area contributed by atoms with E-state index in [9.17, 15) is 4.39 Å². The second kappa shape index (κ2) is 5.61. The number of aryl methyl sites for hydroxylation is 1. The zero-order valence-corrected chi connectivity index (χ0v) is 10.3. The molecule has 0 amide bonds. The van der Waals surface area contributed by atoms with Crippen LogP contribution >= 0.6 is 0 Å². The molecule has 0 bridgehead atoms. The van der Waals surface area contributed by atoms with Crippen LogP contribution in [0.25, 0.3) is 0 Å². The van der Waals surface area contributed by atoms with Crippen molar-refractivity contribution in [3.63, 3.8) is 0 Å². The number of hydrogen-bond donors (Lipinski definition) is 1. The molecule has 17 heavy (non-hydrogen) atoms. The smallest absolute Gasteiger partial charge is 0.123 e. The van der Waals surface area contributed by atoms with E-state index in [1.807, 2.05) is 6.92 Å². The third kappa shape index (κ3) is 3.51. The zero-order valence-electron chi connectivity index (χ0n) is 10.3. The van der Waals surface area contributed by atoms with Gasteiger partial charge in [-0.3, -0.25) is 0 Å². The van der Waals surface area contributed by atoms with Crippen molar-refractivity contribution in [1.29, 1.82) is 0 Å². The van der Waals surface area contributed by atoms with Crippen LogP contribution < -0.4 is 5.73 Å². The van der Waals surface area contributed by atoms with E-state index >= 15 is 0 Å². The van der Waals surface area contributed by atoms with Gasteiger partial charge in [0.2, 0.25) is 0 Å². The molecule has 2 rings (SSSR count). The van der Waals surface area contributed by atoms with Crippen molar-refractivity contribution < 1.29 is 9.13 Å². The molecule has 0 unspecified atom stereocenters. The molecule has 1 fully saturated rings. The van der Waals surface area contributed by atoms with E-state index in [2.05, 4.69) is 0 Å². The van der Waals surface area contributed by atoms with Crippen molar-refractivity contribution in [3.8, 4) is 0 Å². The molecule has 0 radical (unpaired) electrons. The summed E-state index contributed by atoms with van der Waals surface area (Å²) in [5.41, 5.74) is 7.87. The van der Waals surface area contributed by atoms with Crippen LogP contribution in [0.1, 0.15) is 36.8 Å². The molecule has 1 saturated carbocycles. The van der Waals surface area contributed by atoms with Gasteiger partial charge in [-0.1, -0.05) is 6.07 Å². The van der Waals surface area contributed by atoms with Crippen molar-refractivity contribution in [2.24, 2.45) is 5.73 Å². The number of nitrogens with two attached hydrogens (primary N) is 1. The molecule has 1 aromatic rings. The van der Waals surface area contributed by atoms with Gasteiger partial charge in [-0.15, -0.1) is 0 Å². The van der Waals surface area contributed by atoms with E-state index < -0.39 is 0 Å². The Hall–Kier alpha value is -0.930. The fourth-order valence-corrected chi connectivity index (χ4v) is 2.26. The average molecular weight is 237 g/mol. The highest BCUT2D eigenvalue weighted by Crippen LogP contribution is 2.21. The van der Waals surface area contributed by atoms with Gasteiger partial charge in [0.25, 0.3) is 0 Å². The zero-order chi connectivity index (χ0) is 12.3. The maximum atomic E-state index is 13.1. The molecular formula is C14H20FNO. The van der Waals surface area contributed by atoms with Gasteiger partial charge in [-0.05, 0) is 55.9 Å². The number of rotatable bonds is 3. The van der Waals surface area contributed by atoms with Gasteiger partial charge < -0.3 is 10.5 Å². The first-order chi connectivity index (χ1) is 8.15. The molecule has 0 aliphatic heterocycles. The summed E-state index contributed by atoms with van der Waals surface area (Å²) in [4.78, 5) is 0. The first-order valence-corrected chi connectivity index (χ1v) is 6.27. The maximum Gasteiger partial charge on any atom is 0.123 e. The summed E-state index contributed by atoms with van der Waals surface area (Å²) in [5, 5.41) is 0. The van der Waals surface area contributed by atoms with E-state index in [0.29, 0.717) is 12.6 Å². The Labute approximate surface area is 102 Å². The van der Waals surface area contributed by atoms with Gasteiger partial charge in [-0.25, -0.2) is 4.39 Å². The number of ether oxygens (including phenoxy) is 1. The summed E-state index contributed by atoms with van der Waals surface area (Å²) in [6.07, 6.45) is 4.41. The minimum Gasteiger partial charge on any atom is -0.374 e. The largest absolute Gasteiger partial charge is 0.374 e. The number of halogens is 1. The molecular weight excluding hydrogens is 217 g/mol. The summed E-state index contributed by atoms with van der Waals surface area (Å²) in [6.45, 7) is 2.48. The Morgan fingerprint density at radius 1 is 1.29 bits per heavy atom. The van der Waals surface area contributed by atoms with Crippen molar-refractivity contribution >= 4 is 0 Å². The third-order valence-corrected chi connectivity index (χ3v) is 3.50. The van der Waals surface area contributed by atoms with Gasteiger partial charge in [0.1, 0.15) is 5.82 Å². The second-order valence-electron chi connectivity index (χ2n) is 4.92. The van der Waals surface area contributed by atoms with E-state index in [1.165, 1.54) is 6.07 Å². The van der Waals surface area contributed by atoms with Crippen LogP contribution in [0.4, 0.5) is 4.39 Å². The highest BCUT2D eigenvalue weighted by Gasteiger charge is 2.19. The van der Waals surface area contributed by atoms with Crippen LogP contribution in [0.15, 0.2) is 18.2 Å². The molecule has 94 valence electrons. The van der Waals surface area contributed by atoms with Crippen LogP contribution in [0.3, 0.4) is 0 Å². The molecule has 1 aliphatic carbocycles. The Bertz CT molecular complexity index is 372. The minimum atomic E-state index is -0.195. The first kappa shape index (κ1) is 12.5. The van der Waals surface area contributed by atoms with Gasteiger partial charge in [-0.2, -0.15) is 0 Å². The molecule has 0 atom stereocenters. The summed E-state index contributed by atoms with van der Waals surface area (Å²) < 4.78 is 18.9. The first-order valence-electron chi connectivity index (χ1n) is 6.27. The monoisotopic (exact) mass is 237 g/mol. The topological polar surface area (TPSA) is 35.2 Å². The van der Waals surface area contributed by atoms with Gasteiger partial charge >= 0.3 is 0 Å².